The quantitative estimate of drug-likeness (QED) is 0.893. The average molecular weight is 294 g/mol. The molecule has 3 nitrogen and oxygen atoms in total. The molecule has 15 heavy (non-hydrogen) atoms. The molecule has 0 fully saturated rings. The first-order valence-electron chi connectivity index (χ1n) is 4.37. The van der Waals surface area contributed by atoms with Gasteiger partial charge in [-0.15, -0.1) is 12.4 Å². The van der Waals surface area contributed by atoms with Crippen LogP contribution in [0, 0.1) is 0 Å². The summed E-state index contributed by atoms with van der Waals surface area (Å²) in [6.45, 7) is 2.18. The maximum absolute atomic E-state index is 11.2. The molecule has 84 valence electrons. The minimum atomic E-state index is -0.456. The first-order chi connectivity index (χ1) is 6.59. The van der Waals surface area contributed by atoms with E-state index < -0.39 is 6.04 Å². The third kappa shape index (κ3) is 5.16. The predicted molar refractivity (Wildman–Crippen MR) is 66.9 cm³/mol. The van der Waals surface area contributed by atoms with E-state index in [1.54, 1.807) is 6.92 Å². The SMILES string of the molecule is CC(N)C(=O)NCc1cccc(Br)c1.Cl. The Morgan fingerprint density at radius 1 is 1.60 bits per heavy atom. The zero-order chi connectivity index (χ0) is 10.6. The monoisotopic (exact) mass is 292 g/mol. The molecular formula is C10H14BrClN2O. The molecule has 1 rings (SSSR count). The molecule has 3 N–H and O–H groups in total. The van der Waals surface area contributed by atoms with Gasteiger partial charge >= 0.3 is 0 Å². The molecule has 0 spiro atoms. The number of nitrogens with one attached hydrogen (secondary N) is 1. The van der Waals surface area contributed by atoms with Crippen LogP contribution >= 0.6 is 28.3 Å². The van der Waals surface area contributed by atoms with Gasteiger partial charge in [0.05, 0.1) is 6.04 Å². The largest absolute Gasteiger partial charge is 0.351 e. The number of hydrogen-bond acceptors (Lipinski definition) is 2. The highest BCUT2D eigenvalue weighted by atomic mass is 79.9. The molecule has 0 radical (unpaired) electrons. The normalized spacial score (nSPS) is 11.4. The fourth-order valence-corrected chi connectivity index (χ4v) is 1.44. The van der Waals surface area contributed by atoms with Crippen LogP contribution in [0.2, 0.25) is 0 Å². The lowest BCUT2D eigenvalue weighted by Gasteiger charge is -2.07. The van der Waals surface area contributed by atoms with E-state index >= 15 is 0 Å². The molecule has 0 heterocycles. The number of carbonyl (C=O) groups excluding carboxylic acids is 1. The molecule has 1 aromatic carbocycles. The second-order valence-electron chi connectivity index (χ2n) is 3.14. The maximum Gasteiger partial charge on any atom is 0.236 e. The Morgan fingerprint density at radius 2 is 2.27 bits per heavy atom. The predicted octanol–water partition coefficient (Wildman–Crippen LogP) is 1.83. The van der Waals surface area contributed by atoms with Crippen molar-refractivity contribution in [3.8, 4) is 0 Å². The van der Waals surface area contributed by atoms with Crippen molar-refractivity contribution in [2.75, 3.05) is 0 Å². The molecule has 1 aromatic rings. The van der Waals surface area contributed by atoms with E-state index in [-0.39, 0.29) is 18.3 Å². The average Bonchev–Trinajstić information content (AvgIpc) is 2.14. The van der Waals surface area contributed by atoms with E-state index in [1.165, 1.54) is 0 Å². The van der Waals surface area contributed by atoms with E-state index in [0.29, 0.717) is 6.54 Å². The van der Waals surface area contributed by atoms with E-state index in [4.69, 9.17) is 5.73 Å². The smallest absolute Gasteiger partial charge is 0.236 e. The van der Waals surface area contributed by atoms with Gasteiger partial charge in [0.25, 0.3) is 0 Å². The fourth-order valence-electron chi connectivity index (χ4n) is 0.997. The number of rotatable bonds is 3. The molecule has 1 unspecified atom stereocenters. The summed E-state index contributed by atoms with van der Waals surface area (Å²) >= 11 is 3.36. The lowest BCUT2D eigenvalue weighted by molar-refractivity contribution is -0.122. The molecule has 0 aromatic heterocycles. The van der Waals surface area contributed by atoms with Crippen LogP contribution in [0.15, 0.2) is 28.7 Å². The van der Waals surface area contributed by atoms with E-state index in [9.17, 15) is 4.79 Å². The van der Waals surface area contributed by atoms with Gasteiger partial charge in [0.2, 0.25) is 5.91 Å². The Hall–Kier alpha value is -0.580. The Morgan fingerprint density at radius 3 is 2.80 bits per heavy atom. The van der Waals surface area contributed by atoms with Gasteiger partial charge in [-0.1, -0.05) is 28.1 Å². The van der Waals surface area contributed by atoms with Gasteiger partial charge in [-0.2, -0.15) is 0 Å². The minimum absolute atomic E-state index is 0. The molecule has 0 saturated carbocycles. The highest BCUT2D eigenvalue weighted by molar-refractivity contribution is 9.10. The van der Waals surface area contributed by atoms with E-state index in [0.717, 1.165) is 10.0 Å². The van der Waals surface area contributed by atoms with E-state index in [1.807, 2.05) is 24.3 Å². The van der Waals surface area contributed by atoms with Crippen molar-refractivity contribution in [1.29, 1.82) is 0 Å². The summed E-state index contributed by atoms with van der Waals surface area (Å²) in [6.07, 6.45) is 0. The third-order valence-electron chi connectivity index (χ3n) is 1.77. The summed E-state index contributed by atoms with van der Waals surface area (Å²) in [7, 11) is 0. The second kappa shape index (κ2) is 6.82. The number of halogens is 2. The molecule has 5 heteroatoms. The molecule has 0 bridgehead atoms. The Kier molecular flexibility index (Phi) is 6.56. The zero-order valence-electron chi connectivity index (χ0n) is 8.37. The molecule has 0 saturated heterocycles. The number of hydrogen-bond donors (Lipinski definition) is 2. The second-order valence-corrected chi connectivity index (χ2v) is 4.05. The fraction of sp³-hybridized carbons (Fsp3) is 0.300. The van der Waals surface area contributed by atoms with Gasteiger partial charge in [-0.05, 0) is 24.6 Å². The number of benzene rings is 1. The van der Waals surface area contributed by atoms with Gasteiger partial charge in [0, 0.05) is 11.0 Å². The zero-order valence-corrected chi connectivity index (χ0v) is 10.8. The summed E-state index contributed by atoms with van der Waals surface area (Å²) in [5.41, 5.74) is 6.46. The molecule has 0 aliphatic rings. The Balaban J connectivity index is 0.00000196. The number of amides is 1. The minimum Gasteiger partial charge on any atom is -0.351 e. The highest BCUT2D eigenvalue weighted by Gasteiger charge is 2.05. The summed E-state index contributed by atoms with van der Waals surface area (Å²) in [5.74, 6) is -0.134. The summed E-state index contributed by atoms with van der Waals surface area (Å²) in [4.78, 5) is 11.2. The molecule has 1 atom stereocenters. The van der Waals surface area contributed by atoms with Gasteiger partial charge in [-0.25, -0.2) is 0 Å². The molecule has 0 aliphatic heterocycles. The van der Waals surface area contributed by atoms with Gasteiger partial charge < -0.3 is 11.1 Å². The van der Waals surface area contributed by atoms with Gasteiger partial charge in [-0.3, -0.25) is 4.79 Å². The topological polar surface area (TPSA) is 55.1 Å². The molecular weight excluding hydrogens is 279 g/mol. The standard InChI is InChI=1S/C10H13BrN2O.ClH/c1-7(12)10(14)13-6-8-3-2-4-9(11)5-8;/h2-5,7H,6,12H2,1H3,(H,13,14);1H. The van der Waals surface area contributed by atoms with Crippen LogP contribution in [0.4, 0.5) is 0 Å². The van der Waals surface area contributed by atoms with Crippen LogP contribution in [-0.4, -0.2) is 11.9 Å². The van der Waals surface area contributed by atoms with Crippen LogP contribution in [-0.2, 0) is 11.3 Å². The van der Waals surface area contributed by atoms with Gasteiger partial charge in [0.15, 0.2) is 0 Å². The van der Waals surface area contributed by atoms with Crippen LogP contribution in [0.3, 0.4) is 0 Å². The van der Waals surface area contributed by atoms with Crippen LogP contribution in [0.5, 0.6) is 0 Å². The molecule has 1 amide bonds. The lowest BCUT2D eigenvalue weighted by Crippen LogP contribution is -2.37. The summed E-state index contributed by atoms with van der Waals surface area (Å²) < 4.78 is 1.00. The van der Waals surface area contributed by atoms with Crippen molar-refractivity contribution < 1.29 is 4.79 Å². The number of nitrogens with two attached hydrogens (primary N) is 1. The lowest BCUT2D eigenvalue weighted by atomic mass is 10.2. The van der Waals surface area contributed by atoms with E-state index in [2.05, 4.69) is 21.2 Å². The van der Waals surface area contributed by atoms with Crippen LogP contribution in [0.25, 0.3) is 0 Å². The Labute approximate surface area is 104 Å². The summed E-state index contributed by atoms with van der Waals surface area (Å²) in [5, 5.41) is 2.74. The first-order valence-corrected chi connectivity index (χ1v) is 5.16. The van der Waals surface area contributed by atoms with Crippen molar-refractivity contribution in [3.05, 3.63) is 34.3 Å². The number of carbonyl (C=O) groups is 1. The maximum atomic E-state index is 11.2. The van der Waals surface area contributed by atoms with Crippen LogP contribution < -0.4 is 11.1 Å². The van der Waals surface area contributed by atoms with Crippen molar-refractivity contribution in [2.24, 2.45) is 5.73 Å². The highest BCUT2D eigenvalue weighted by Crippen LogP contribution is 2.11. The van der Waals surface area contributed by atoms with Crippen molar-refractivity contribution in [2.45, 2.75) is 19.5 Å². The van der Waals surface area contributed by atoms with Crippen LogP contribution in [0.1, 0.15) is 12.5 Å². The van der Waals surface area contributed by atoms with Crippen molar-refractivity contribution in [3.63, 3.8) is 0 Å². The van der Waals surface area contributed by atoms with Crippen molar-refractivity contribution >= 4 is 34.2 Å². The van der Waals surface area contributed by atoms with Crippen molar-refractivity contribution in [1.82, 2.24) is 5.32 Å². The first kappa shape index (κ1) is 14.4. The summed E-state index contributed by atoms with van der Waals surface area (Å²) in [6, 6.07) is 7.32. The molecule has 0 aliphatic carbocycles. The Bertz CT molecular complexity index is 331. The van der Waals surface area contributed by atoms with Gasteiger partial charge in [0.1, 0.15) is 0 Å². The third-order valence-corrected chi connectivity index (χ3v) is 2.26.